The minimum absolute atomic E-state index is 0.00887. The van der Waals surface area contributed by atoms with E-state index < -0.39 is 24.7 Å². The Morgan fingerprint density at radius 3 is 2.18 bits per heavy atom. The second-order valence-electron chi connectivity index (χ2n) is 8.86. The summed E-state index contributed by atoms with van der Waals surface area (Å²) in [5.41, 5.74) is 6.94. The first-order valence-corrected chi connectivity index (χ1v) is 11.6. The molecule has 0 aromatic heterocycles. The van der Waals surface area contributed by atoms with Gasteiger partial charge in [0.2, 0.25) is 0 Å². The van der Waals surface area contributed by atoms with Gasteiger partial charge in [-0.3, -0.25) is 4.90 Å². The van der Waals surface area contributed by atoms with Crippen LogP contribution in [0, 0.1) is 6.92 Å². The molecule has 170 valence electrons. The standard InChI is InChI=1S/C28H29NO4/c1-3-26-29(25(27(30)33-26)16-19-14-12-18(2)13-15-19)28(31)32-17-24-22-10-6-4-8-20(22)21-9-5-7-11-23(21)24/h4-15,24-27,30H,3,16-17H2,1-2H3/t25-,26?,27?/m0/s1. The highest BCUT2D eigenvalue weighted by Crippen LogP contribution is 2.44. The highest BCUT2D eigenvalue weighted by Gasteiger charge is 2.44. The molecule has 1 aliphatic carbocycles. The smallest absolute Gasteiger partial charge is 0.412 e. The fraction of sp³-hybridized carbons (Fsp3) is 0.321. The summed E-state index contributed by atoms with van der Waals surface area (Å²) in [6, 6.07) is 24.2. The van der Waals surface area contributed by atoms with E-state index in [1.807, 2.05) is 62.4 Å². The Morgan fingerprint density at radius 2 is 1.58 bits per heavy atom. The van der Waals surface area contributed by atoms with Gasteiger partial charge in [0.25, 0.3) is 0 Å². The molecular weight excluding hydrogens is 414 g/mol. The van der Waals surface area contributed by atoms with Crippen molar-refractivity contribution in [3.05, 3.63) is 95.1 Å². The van der Waals surface area contributed by atoms with Crippen molar-refractivity contribution in [3.8, 4) is 11.1 Å². The van der Waals surface area contributed by atoms with Crippen LogP contribution in [0.3, 0.4) is 0 Å². The number of rotatable bonds is 5. The van der Waals surface area contributed by atoms with Gasteiger partial charge in [0.05, 0.1) is 6.04 Å². The molecule has 1 N–H and O–H groups in total. The van der Waals surface area contributed by atoms with Gasteiger partial charge in [0, 0.05) is 5.92 Å². The van der Waals surface area contributed by atoms with Crippen LogP contribution in [0.5, 0.6) is 0 Å². The highest BCUT2D eigenvalue weighted by atomic mass is 16.6. The normalized spacial score (nSPS) is 21.7. The van der Waals surface area contributed by atoms with Gasteiger partial charge in [-0.25, -0.2) is 4.79 Å². The molecule has 0 radical (unpaired) electrons. The molecule has 0 saturated carbocycles. The third-order valence-corrected chi connectivity index (χ3v) is 6.75. The molecule has 1 aliphatic heterocycles. The lowest BCUT2D eigenvalue weighted by Crippen LogP contribution is -2.45. The van der Waals surface area contributed by atoms with Crippen LogP contribution >= 0.6 is 0 Å². The third kappa shape index (κ3) is 4.03. The largest absolute Gasteiger partial charge is 0.448 e. The van der Waals surface area contributed by atoms with Crippen molar-refractivity contribution in [3.63, 3.8) is 0 Å². The summed E-state index contributed by atoms with van der Waals surface area (Å²) >= 11 is 0. The first-order valence-electron chi connectivity index (χ1n) is 11.6. The van der Waals surface area contributed by atoms with Gasteiger partial charge in [-0.05, 0) is 47.6 Å². The molecule has 3 aromatic carbocycles. The summed E-state index contributed by atoms with van der Waals surface area (Å²) in [5.74, 6) is -0.00887. The van der Waals surface area contributed by atoms with Gasteiger partial charge in [-0.2, -0.15) is 0 Å². The number of amides is 1. The van der Waals surface area contributed by atoms with E-state index in [1.165, 1.54) is 27.8 Å². The number of carbonyl (C=O) groups excluding carboxylic acids is 1. The van der Waals surface area contributed by atoms with Crippen LogP contribution in [0.25, 0.3) is 11.1 Å². The van der Waals surface area contributed by atoms with Crippen LogP contribution in [-0.4, -0.2) is 41.3 Å². The van der Waals surface area contributed by atoms with Crippen molar-refractivity contribution in [1.82, 2.24) is 4.90 Å². The van der Waals surface area contributed by atoms with Gasteiger partial charge in [-0.1, -0.05) is 85.3 Å². The molecule has 1 heterocycles. The Hall–Kier alpha value is -3.15. The monoisotopic (exact) mass is 443 g/mol. The van der Waals surface area contributed by atoms with Crippen LogP contribution < -0.4 is 0 Å². The van der Waals surface area contributed by atoms with Gasteiger partial charge in [0.15, 0.2) is 6.29 Å². The fourth-order valence-electron chi connectivity index (χ4n) is 5.05. The zero-order chi connectivity index (χ0) is 22.9. The van der Waals surface area contributed by atoms with E-state index in [0.717, 1.165) is 5.56 Å². The number of carbonyl (C=O) groups is 1. The lowest BCUT2D eigenvalue weighted by Gasteiger charge is -2.28. The molecule has 1 amide bonds. The Morgan fingerprint density at radius 1 is 0.970 bits per heavy atom. The predicted octanol–water partition coefficient (Wildman–Crippen LogP) is 5.24. The Kier molecular flexibility index (Phi) is 5.92. The van der Waals surface area contributed by atoms with Crippen LogP contribution in [-0.2, 0) is 15.9 Å². The van der Waals surface area contributed by atoms with E-state index in [1.54, 1.807) is 4.90 Å². The molecule has 0 spiro atoms. The van der Waals surface area contributed by atoms with Crippen LogP contribution in [0.15, 0.2) is 72.8 Å². The number of aliphatic hydroxyl groups is 1. The van der Waals surface area contributed by atoms with E-state index in [0.29, 0.717) is 12.8 Å². The SMILES string of the molecule is CCC1OC(O)[C@H](Cc2ccc(C)cc2)N1C(=O)OCC1c2ccccc2-c2ccccc21. The van der Waals surface area contributed by atoms with Gasteiger partial charge in [-0.15, -0.1) is 0 Å². The molecule has 33 heavy (non-hydrogen) atoms. The van der Waals surface area contributed by atoms with Gasteiger partial charge >= 0.3 is 6.09 Å². The number of ether oxygens (including phenoxy) is 2. The quantitative estimate of drug-likeness (QED) is 0.586. The first kappa shape index (κ1) is 21.7. The van der Waals surface area contributed by atoms with Crippen molar-refractivity contribution in [2.45, 2.75) is 51.2 Å². The molecule has 1 fully saturated rings. The highest BCUT2D eigenvalue weighted by molar-refractivity contribution is 5.79. The number of aryl methyl sites for hydroxylation is 1. The van der Waals surface area contributed by atoms with E-state index >= 15 is 0 Å². The van der Waals surface area contributed by atoms with Crippen LogP contribution in [0.4, 0.5) is 4.79 Å². The van der Waals surface area contributed by atoms with Crippen molar-refractivity contribution in [1.29, 1.82) is 0 Å². The van der Waals surface area contributed by atoms with Crippen LogP contribution in [0.2, 0.25) is 0 Å². The Balaban J connectivity index is 1.35. The molecule has 5 rings (SSSR count). The molecule has 3 aromatic rings. The van der Waals surface area contributed by atoms with E-state index in [2.05, 4.69) is 24.3 Å². The topological polar surface area (TPSA) is 59.0 Å². The number of hydrogen-bond acceptors (Lipinski definition) is 4. The zero-order valence-corrected chi connectivity index (χ0v) is 19.0. The van der Waals surface area contributed by atoms with Crippen molar-refractivity contribution < 1.29 is 19.4 Å². The second kappa shape index (κ2) is 9.00. The summed E-state index contributed by atoms with van der Waals surface area (Å²) in [5, 5.41) is 10.6. The van der Waals surface area contributed by atoms with E-state index in [9.17, 15) is 9.90 Å². The Bertz CT molecular complexity index is 1100. The lowest BCUT2D eigenvalue weighted by molar-refractivity contribution is -0.101. The molecule has 2 unspecified atom stereocenters. The minimum Gasteiger partial charge on any atom is -0.448 e. The number of benzene rings is 3. The third-order valence-electron chi connectivity index (χ3n) is 6.75. The maximum Gasteiger partial charge on any atom is 0.412 e. The molecule has 1 saturated heterocycles. The summed E-state index contributed by atoms with van der Waals surface area (Å²) in [7, 11) is 0. The molecule has 0 bridgehead atoms. The summed E-state index contributed by atoms with van der Waals surface area (Å²) in [6.45, 7) is 4.22. The maximum atomic E-state index is 13.3. The van der Waals surface area contributed by atoms with E-state index in [4.69, 9.17) is 9.47 Å². The molecule has 5 heteroatoms. The van der Waals surface area contributed by atoms with Gasteiger partial charge in [0.1, 0.15) is 12.8 Å². The first-order chi connectivity index (χ1) is 16.1. The number of aliphatic hydroxyl groups excluding tert-OH is 1. The number of fused-ring (bicyclic) bond motifs is 3. The van der Waals surface area contributed by atoms with E-state index in [-0.39, 0.29) is 12.5 Å². The summed E-state index contributed by atoms with van der Waals surface area (Å²) in [6.07, 6.45) is -0.923. The Labute approximate surface area is 194 Å². The summed E-state index contributed by atoms with van der Waals surface area (Å²) < 4.78 is 11.6. The molecule has 2 aliphatic rings. The lowest BCUT2D eigenvalue weighted by atomic mass is 9.98. The minimum atomic E-state index is -1.04. The molecular formula is C28H29NO4. The predicted molar refractivity (Wildman–Crippen MR) is 127 cm³/mol. The zero-order valence-electron chi connectivity index (χ0n) is 19.0. The van der Waals surface area contributed by atoms with Crippen LogP contribution in [0.1, 0.15) is 41.5 Å². The molecule has 5 nitrogen and oxygen atoms in total. The average molecular weight is 444 g/mol. The number of hydrogen-bond donors (Lipinski definition) is 1. The number of nitrogens with zero attached hydrogens (tertiary/aromatic N) is 1. The fourth-order valence-corrected chi connectivity index (χ4v) is 5.05. The van der Waals surface area contributed by atoms with Gasteiger partial charge < -0.3 is 14.6 Å². The summed E-state index contributed by atoms with van der Waals surface area (Å²) in [4.78, 5) is 14.9. The maximum absolute atomic E-state index is 13.3. The average Bonchev–Trinajstić information content (AvgIpc) is 3.33. The van der Waals surface area contributed by atoms with Crippen molar-refractivity contribution in [2.24, 2.45) is 0 Å². The second-order valence-corrected chi connectivity index (χ2v) is 8.86. The van der Waals surface area contributed by atoms with Crippen molar-refractivity contribution >= 4 is 6.09 Å². The van der Waals surface area contributed by atoms with Crippen molar-refractivity contribution in [2.75, 3.05) is 6.61 Å². The molecule has 3 atom stereocenters.